The molecule has 2 heterocycles. The van der Waals surface area contributed by atoms with E-state index >= 15 is 0 Å². The van der Waals surface area contributed by atoms with Gasteiger partial charge in [0.05, 0.1) is 16.7 Å². The predicted octanol–water partition coefficient (Wildman–Crippen LogP) is 1.96. The van der Waals surface area contributed by atoms with Gasteiger partial charge in [-0.2, -0.15) is 0 Å². The minimum Gasteiger partial charge on any atom is -0.399 e. The van der Waals surface area contributed by atoms with Crippen molar-refractivity contribution in [3.05, 3.63) is 29.3 Å². The molecule has 21 heavy (non-hydrogen) atoms. The summed E-state index contributed by atoms with van der Waals surface area (Å²) >= 11 is 0. The van der Waals surface area contributed by atoms with E-state index in [2.05, 4.69) is 5.32 Å². The molecule has 1 N–H and O–H groups in total. The van der Waals surface area contributed by atoms with Gasteiger partial charge in [0, 0.05) is 5.56 Å². The highest BCUT2D eigenvalue weighted by atomic mass is 16.7. The number of hydrogen-bond donors (Lipinski definition) is 1. The van der Waals surface area contributed by atoms with Crippen LogP contribution in [0.25, 0.3) is 0 Å². The predicted molar refractivity (Wildman–Crippen MR) is 82.7 cm³/mol. The molecular weight excluding hydrogens is 265 g/mol. The highest BCUT2D eigenvalue weighted by molar-refractivity contribution is 6.62. The molecule has 0 atom stereocenters. The Kier molecular flexibility index (Phi) is 2.86. The zero-order chi connectivity index (χ0) is 15.6. The maximum absolute atomic E-state index is 11.9. The summed E-state index contributed by atoms with van der Waals surface area (Å²) < 4.78 is 12.2. The number of fused-ring (bicyclic) bond motifs is 1. The normalized spacial score (nSPS) is 24.9. The molecule has 2 aliphatic heterocycles. The molecule has 0 unspecified atom stereocenters. The third-order valence-corrected chi connectivity index (χ3v) is 4.91. The first kappa shape index (κ1) is 14.6. The van der Waals surface area contributed by atoms with Crippen molar-refractivity contribution in [2.45, 2.75) is 58.3 Å². The molecule has 1 amide bonds. The quantitative estimate of drug-likeness (QED) is 0.803. The van der Waals surface area contributed by atoms with Crippen molar-refractivity contribution in [2.75, 3.05) is 0 Å². The van der Waals surface area contributed by atoms with E-state index in [4.69, 9.17) is 9.31 Å². The molecule has 1 saturated heterocycles. The summed E-state index contributed by atoms with van der Waals surface area (Å²) in [5.74, 6) is -0.0181. The van der Waals surface area contributed by atoms with Crippen molar-refractivity contribution in [1.29, 1.82) is 0 Å². The smallest absolute Gasteiger partial charge is 0.399 e. The minimum absolute atomic E-state index is 0.0181. The summed E-state index contributed by atoms with van der Waals surface area (Å²) in [5.41, 5.74) is 1.61. The van der Waals surface area contributed by atoms with E-state index in [1.807, 2.05) is 59.7 Å². The largest absolute Gasteiger partial charge is 0.494 e. The molecule has 1 aromatic carbocycles. The van der Waals surface area contributed by atoms with E-state index in [0.717, 1.165) is 16.6 Å². The minimum atomic E-state index is -0.396. The van der Waals surface area contributed by atoms with Crippen LogP contribution in [-0.4, -0.2) is 24.2 Å². The number of nitrogens with one attached hydrogen (secondary N) is 1. The van der Waals surface area contributed by atoms with Crippen LogP contribution in [0.5, 0.6) is 0 Å². The fourth-order valence-corrected chi connectivity index (χ4v) is 2.82. The van der Waals surface area contributed by atoms with Crippen molar-refractivity contribution >= 4 is 18.5 Å². The summed E-state index contributed by atoms with van der Waals surface area (Å²) in [7, 11) is -0.396. The van der Waals surface area contributed by atoms with Crippen LogP contribution in [0, 0.1) is 0 Å². The van der Waals surface area contributed by atoms with E-state index in [9.17, 15) is 4.79 Å². The first-order valence-electron chi connectivity index (χ1n) is 7.36. The summed E-state index contributed by atoms with van der Waals surface area (Å²) in [6.45, 7) is 12.2. The molecule has 1 fully saturated rings. The van der Waals surface area contributed by atoms with Crippen LogP contribution < -0.4 is 10.8 Å². The molecular formula is C16H22BNO3. The number of benzene rings is 1. The van der Waals surface area contributed by atoms with E-state index in [1.54, 1.807) is 0 Å². The van der Waals surface area contributed by atoms with Crippen LogP contribution in [0.4, 0.5) is 0 Å². The lowest BCUT2D eigenvalue weighted by atomic mass is 9.76. The molecule has 3 rings (SSSR count). The molecule has 0 bridgehead atoms. The molecule has 0 spiro atoms. The third kappa shape index (κ3) is 2.10. The van der Waals surface area contributed by atoms with Gasteiger partial charge in [-0.05, 0) is 58.6 Å². The number of amides is 1. The molecule has 0 aliphatic carbocycles. The lowest BCUT2D eigenvalue weighted by molar-refractivity contribution is 0.00578. The van der Waals surface area contributed by atoms with Crippen LogP contribution in [0.3, 0.4) is 0 Å². The number of hydrogen-bond acceptors (Lipinski definition) is 3. The lowest BCUT2D eigenvalue weighted by Gasteiger charge is -2.32. The Morgan fingerprint density at radius 1 is 1.00 bits per heavy atom. The molecule has 0 saturated carbocycles. The van der Waals surface area contributed by atoms with Crippen LogP contribution in [0.15, 0.2) is 18.2 Å². The summed E-state index contributed by atoms with van der Waals surface area (Å²) in [6, 6.07) is 5.80. The maximum Gasteiger partial charge on any atom is 0.494 e. The van der Waals surface area contributed by atoms with Crippen molar-refractivity contribution in [1.82, 2.24) is 5.32 Å². The summed E-state index contributed by atoms with van der Waals surface area (Å²) in [6.07, 6.45) is 0. The Labute approximate surface area is 126 Å². The van der Waals surface area contributed by atoms with Crippen molar-refractivity contribution in [2.24, 2.45) is 0 Å². The van der Waals surface area contributed by atoms with Gasteiger partial charge < -0.3 is 14.6 Å². The topological polar surface area (TPSA) is 47.6 Å². The third-order valence-electron chi connectivity index (χ3n) is 4.91. The van der Waals surface area contributed by atoms with Crippen molar-refractivity contribution in [3.63, 3.8) is 0 Å². The molecule has 0 radical (unpaired) electrons. The average molecular weight is 287 g/mol. The van der Waals surface area contributed by atoms with Gasteiger partial charge in [0.15, 0.2) is 0 Å². The molecule has 2 aliphatic rings. The van der Waals surface area contributed by atoms with Crippen LogP contribution in [0.2, 0.25) is 0 Å². The number of rotatable bonds is 1. The molecule has 1 aromatic rings. The van der Waals surface area contributed by atoms with E-state index in [0.29, 0.717) is 0 Å². The number of carbonyl (C=O) groups excluding carboxylic acids is 1. The molecule has 5 heteroatoms. The van der Waals surface area contributed by atoms with Crippen LogP contribution in [0.1, 0.15) is 57.5 Å². The molecule has 112 valence electrons. The van der Waals surface area contributed by atoms with Crippen molar-refractivity contribution in [3.8, 4) is 0 Å². The Morgan fingerprint density at radius 3 is 2.14 bits per heavy atom. The van der Waals surface area contributed by atoms with E-state index in [1.165, 1.54) is 0 Å². The van der Waals surface area contributed by atoms with Gasteiger partial charge in [-0.25, -0.2) is 0 Å². The second kappa shape index (κ2) is 4.11. The maximum atomic E-state index is 11.9. The summed E-state index contributed by atoms with van der Waals surface area (Å²) in [5, 5.41) is 2.99. The monoisotopic (exact) mass is 287 g/mol. The highest BCUT2D eigenvalue weighted by Gasteiger charge is 2.52. The second-order valence-electron chi connectivity index (χ2n) is 7.47. The van der Waals surface area contributed by atoms with Gasteiger partial charge in [0.1, 0.15) is 0 Å². The summed E-state index contributed by atoms with van der Waals surface area (Å²) in [4.78, 5) is 11.9. The van der Waals surface area contributed by atoms with E-state index < -0.39 is 7.12 Å². The fourth-order valence-electron chi connectivity index (χ4n) is 2.82. The Morgan fingerprint density at radius 2 is 1.57 bits per heavy atom. The van der Waals surface area contributed by atoms with Gasteiger partial charge in [0.25, 0.3) is 5.91 Å². The van der Waals surface area contributed by atoms with Crippen molar-refractivity contribution < 1.29 is 14.1 Å². The van der Waals surface area contributed by atoms with Gasteiger partial charge in [-0.15, -0.1) is 0 Å². The van der Waals surface area contributed by atoms with Gasteiger partial charge >= 0.3 is 7.12 Å². The zero-order valence-electron chi connectivity index (χ0n) is 13.5. The lowest BCUT2D eigenvalue weighted by Crippen LogP contribution is -2.41. The van der Waals surface area contributed by atoms with Gasteiger partial charge in [-0.1, -0.05) is 12.1 Å². The highest BCUT2D eigenvalue weighted by Crippen LogP contribution is 2.37. The second-order valence-corrected chi connectivity index (χ2v) is 7.47. The standard InChI is InChI=1S/C16H22BNO3/c1-14(2)12-9-10(7-8-11(12)13(19)18-14)17-20-15(3,4)16(5,6)21-17/h7-9H,1-6H3,(H,18,19). The SMILES string of the molecule is CC1(C)NC(=O)c2ccc(B3OC(C)(C)C(C)(C)O3)cc21. The zero-order valence-corrected chi connectivity index (χ0v) is 13.5. The number of carbonyl (C=O) groups is 1. The van der Waals surface area contributed by atoms with Gasteiger partial charge in [-0.3, -0.25) is 4.79 Å². The Hall–Kier alpha value is -1.33. The van der Waals surface area contributed by atoms with Gasteiger partial charge in [0.2, 0.25) is 0 Å². The Bertz CT molecular complexity index is 606. The van der Waals surface area contributed by atoms with Crippen LogP contribution in [-0.2, 0) is 14.8 Å². The first-order valence-corrected chi connectivity index (χ1v) is 7.36. The van der Waals surface area contributed by atoms with E-state index in [-0.39, 0.29) is 22.6 Å². The molecule has 4 nitrogen and oxygen atoms in total. The van der Waals surface area contributed by atoms with Crippen LogP contribution >= 0.6 is 0 Å². The first-order chi connectivity index (χ1) is 9.53. The molecule has 0 aromatic heterocycles. The fraction of sp³-hybridized carbons (Fsp3) is 0.562. The average Bonchev–Trinajstić information content (AvgIpc) is 2.70. The Balaban J connectivity index is 1.99.